The highest BCUT2D eigenvalue weighted by atomic mass is 16.5. The second-order valence-electron chi connectivity index (χ2n) is 5.98. The Morgan fingerprint density at radius 1 is 1.25 bits per heavy atom. The number of nitrogens with zero attached hydrogens (tertiary/aromatic N) is 1. The Morgan fingerprint density at radius 2 is 1.90 bits per heavy atom. The Kier molecular flexibility index (Phi) is 7.52. The fourth-order valence-corrected chi connectivity index (χ4v) is 3.35. The lowest BCUT2D eigenvalue weighted by Gasteiger charge is -2.31. The molecule has 1 saturated carbocycles. The first kappa shape index (κ1) is 17.4. The van der Waals surface area contributed by atoms with Gasteiger partial charge in [0.1, 0.15) is 5.54 Å². The number of hydrogen-bond donors (Lipinski definition) is 1. The molecule has 4 nitrogen and oxygen atoms in total. The van der Waals surface area contributed by atoms with Crippen LogP contribution >= 0.6 is 0 Å². The van der Waals surface area contributed by atoms with Gasteiger partial charge in [0.2, 0.25) is 0 Å². The molecule has 0 aliphatic heterocycles. The number of rotatable bonds is 9. The molecule has 4 heteroatoms. The van der Waals surface area contributed by atoms with Crippen LogP contribution in [0, 0.1) is 5.92 Å². The van der Waals surface area contributed by atoms with E-state index < -0.39 is 5.54 Å². The van der Waals surface area contributed by atoms with Crippen LogP contribution < -0.4 is 5.73 Å². The molecule has 0 amide bonds. The van der Waals surface area contributed by atoms with E-state index in [2.05, 4.69) is 18.7 Å². The van der Waals surface area contributed by atoms with Gasteiger partial charge in [0.15, 0.2) is 0 Å². The van der Waals surface area contributed by atoms with Crippen LogP contribution in [0.5, 0.6) is 0 Å². The molecule has 1 aliphatic carbocycles. The van der Waals surface area contributed by atoms with Gasteiger partial charge >= 0.3 is 5.97 Å². The van der Waals surface area contributed by atoms with Crippen molar-refractivity contribution in [2.45, 2.75) is 64.8 Å². The molecule has 20 heavy (non-hydrogen) atoms. The van der Waals surface area contributed by atoms with Crippen LogP contribution in [0.2, 0.25) is 0 Å². The van der Waals surface area contributed by atoms with Crippen molar-refractivity contribution in [1.82, 2.24) is 4.90 Å². The third-order valence-electron chi connectivity index (χ3n) is 4.40. The summed E-state index contributed by atoms with van der Waals surface area (Å²) in [6.45, 7) is 10.0. The third-order valence-corrected chi connectivity index (χ3v) is 4.40. The summed E-state index contributed by atoms with van der Waals surface area (Å²) in [6, 6.07) is 0. The van der Waals surface area contributed by atoms with E-state index >= 15 is 0 Å². The summed E-state index contributed by atoms with van der Waals surface area (Å²) in [6.07, 6.45) is 6.24. The lowest BCUT2D eigenvalue weighted by atomic mass is 9.85. The predicted molar refractivity (Wildman–Crippen MR) is 82.5 cm³/mol. The van der Waals surface area contributed by atoms with E-state index in [1.165, 1.54) is 12.8 Å². The second-order valence-corrected chi connectivity index (χ2v) is 5.98. The molecule has 118 valence electrons. The number of esters is 1. The summed E-state index contributed by atoms with van der Waals surface area (Å²) in [5.41, 5.74) is 5.64. The first-order valence-electron chi connectivity index (χ1n) is 8.26. The van der Waals surface area contributed by atoms with Crippen LogP contribution in [0.25, 0.3) is 0 Å². The molecule has 0 radical (unpaired) electrons. The predicted octanol–water partition coefficient (Wildman–Crippen LogP) is 2.56. The summed E-state index contributed by atoms with van der Waals surface area (Å²) in [7, 11) is 0. The van der Waals surface area contributed by atoms with Gasteiger partial charge in [0.25, 0.3) is 0 Å². The normalized spacial score (nSPS) is 26.1. The number of carbonyl (C=O) groups is 1. The quantitative estimate of drug-likeness (QED) is 0.661. The van der Waals surface area contributed by atoms with Gasteiger partial charge in [-0.1, -0.05) is 20.3 Å². The average molecular weight is 284 g/mol. The van der Waals surface area contributed by atoms with Crippen molar-refractivity contribution in [3.8, 4) is 0 Å². The molecule has 0 aromatic rings. The Labute approximate surface area is 124 Å². The summed E-state index contributed by atoms with van der Waals surface area (Å²) >= 11 is 0. The molecule has 2 atom stereocenters. The topological polar surface area (TPSA) is 55.6 Å². The Bertz CT molecular complexity index is 290. The summed E-state index contributed by atoms with van der Waals surface area (Å²) in [5, 5.41) is 0. The molecule has 2 N–H and O–H groups in total. The van der Waals surface area contributed by atoms with Crippen LogP contribution in [0.1, 0.15) is 59.3 Å². The molecular weight excluding hydrogens is 252 g/mol. The van der Waals surface area contributed by atoms with Crippen LogP contribution in [0.4, 0.5) is 0 Å². The SMILES string of the molecule is CCCN(CCC)CCC1CCCC1(N)C(=O)OCC. The van der Waals surface area contributed by atoms with Gasteiger partial charge in [-0.2, -0.15) is 0 Å². The van der Waals surface area contributed by atoms with Crippen LogP contribution in [-0.4, -0.2) is 42.6 Å². The molecule has 0 saturated heterocycles. The molecule has 2 unspecified atom stereocenters. The average Bonchev–Trinajstić information content (AvgIpc) is 2.79. The maximum Gasteiger partial charge on any atom is 0.326 e. The molecule has 1 rings (SSSR count). The number of ether oxygens (including phenoxy) is 1. The fourth-order valence-electron chi connectivity index (χ4n) is 3.35. The number of hydrogen-bond acceptors (Lipinski definition) is 4. The maximum absolute atomic E-state index is 12.1. The zero-order valence-electron chi connectivity index (χ0n) is 13.5. The highest BCUT2D eigenvalue weighted by molar-refractivity contribution is 5.81. The summed E-state index contributed by atoms with van der Waals surface area (Å²) in [5.74, 6) is 0.0813. The smallest absolute Gasteiger partial charge is 0.326 e. The summed E-state index contributed by atoms with van der Waals surface area (Å²) in [4.78, 5) is 14.6. The van der Waals surface area contributed by atoms with Crippen molar-refractivity contribution in [3.63, 3.8) is 0 Å². The molecule has 0 aromatic heterocycles. The van der Waals surface area contributed by atoms with Gasteiger partial charge in [-0.05, 0) is 64.6 Å². The van der Waals surface area contributed by atoms with E-state index in [0.29, 0.717) is 6.61 Å². The van der Waals surface area contributed by atoms with Gasteiger partial charge in [-0.25, -0.2) is 0 Å². The second kappa shape index (κ2) is 8.63. The summed E-state index contributed by atoms with van der Waals surface area (Å²) < 4.78 is 5.18. The van der Waals surface area contributed by atoms with E-state index in [9.17, 15) is 4.79 Å². The van der Waals surface area contributed by atoms with Crippen molar-refractivity contribution in [2.24, 2.45) is 11.7 Å². The van der Waals surface area contributed by atoms with Gasteiger partial charge in [0, 0.05) is 0 Å². The largest absolute Gasteiger partial charge is 0.465 e. The first-order chi connectivity index (χ1) is 9.58. The van der Waals surface area contributed by atoms with Gasteiger partial charge < -0.3 is 15.4 Å². The molecule has 1 fully saturated rings. The van der Waals surface area contributed by atoms with E-state index in [1.54, 1.807) is 0 Å². The Hall–Kier alpha value is -0.610. The van der Waals surface area contributed by atoms with Crippen molar-refractivity contribution in [2.75, 3.05) is 26.2 Å². The molecule has 1 aliphatic rings. The zero-order valence-corrected chi connectivity index (χ0v) is 13.5. The van der Waals surface area contributed by atoms with E-state index in [4.69, 9.17) is 10.5 Å². The molecule has 0 heterocycles. The van der Waals surface area contributed by atoms with Crippen LogP contribution in [0.3, 0.4) is 0 Å². The van der Waals surface area contributed by atoms with E-state index in [1.807, 2.05) is 6.92 Å². The third kappa shape index (κ3) is 4.45. The van der Waals surface area contributed by atoms with Crippen molar-refractivity contribution < 1.29 is 9.53 Å². The zero-order chi connectivity index (χ0) is 15.0. The Morgan fingerprint density at radius 3 is 2.45 bits per heavy atom. The van der Waals surface area contributed by atoms with Gasteiger partial charge in [0.05, 0.1) is 6.61 Å². The van der Waals surface area contributed by atoms with E-state index in [-0.39, 0.29) is 11.9 Å². The van der Waals surface area contributed by atoms with Crippen molar-refractivity contribution in [1.29, 1.82) is 0 Å². The minimum Gasteiger partial charge on any atom is -0.465 e. The molecule has 0 aromatic carbocycles. The lowest BCUT2D eigenvalue weighted by molar-refractivity contribution is -0.151. The maximum atomic E-state index is 12.1. The first-order valence-corrected chi connectivity index (χ1v) is 8.26. The van der Waals surface area contributed by atoms with Gasteiger partial charge in [-0.15, -0.1) is 0 Å². The standard InChI is InChI=1S/C16H32N2O2/c1-4-11-18(12-5-2)13-9-14-8-7-10-16(14,17)15(19)20-6-3/h14H,4-13,17H2,1-3H3. The number of nitrogens with two attached hydrogens (primary N) is 1. The van der Waals surface area contributed by atoms with Crippen LogP contribution in [0.15, 0.2) is 0 Å². The minimum atomic E-state index is -0.736. The highest BCUT2D eigenvalue weighted by Crippen LogP contribution is 2.37. The van der Waals surface area contributed by atoms with Crippen molar-refractivity contribution >= 4 is 5.97 Å². The Balaban J connectivity index is 2.54. The molecule has 0 spiro atoms. The molecular formula is C16H32N2O2. The van der Waals surface area contributed by atoms with E-state index in [0.717, 1.165) is 45.3 Å². The lowest BCUT2D eigenvalue weighted by Crippen LogP contribution is -2.52. The molecule has 0 bridgehead atoms. The monoisotopic (exact) mass is 284 g/mol. The minimum absolute atomic E-state index is 0.194. The van der Waals surface area contributed by atoms with Crippen molar-refractivity contribution in [3.05, 3.63) is 0 Å². The van der Waals surface area contributed by atoms with Gasteiger partial charge in [-0.3, -0.25) is 4.79 Å². The van der Waals surface area contributed by atoms with Crippen LogP contribution in [-0.2, 0) is 9.53 Å². The highest BCUT2D eigenvalue weighted by Gasteiger charge is 2.46. The fraction of sp³-hybridized carbons (Fsp3) is 0.938. The number of carbonyl (C=O) groups excluding carboxylic acids is 1.